The van der Waals surface area contributed by atoms with Crippen molar-refractivity contribution < 1.29 is 18.7 Å². The van der Waals surface area contributed by atoms with Gasteiger partial charge in [0.1, 0.15) is 11.6 Å². The Hall–Kier alpha value is -1.82. The lowest BCUT2D eigenvalue weighted by molar-refractivity contribution is -0.119. The van der Waals surface area contributed by atoms with Crippen LogP contribution in [0.5, 0.6) is 5.75 Å². The Kier molecular flexibility index (Phi) is 5.93. The van der Waals surface area contributed by atoms with Gasteiger partial charge in [0, 0.05) is 31.5 Å². The number of hydrogen-bond acceptors (Lipinski definition) is 4. The largest absolute Gasteiger partial charge is 0.497 e. The number of carbonyl (C=O) groups is 1. The summed E-state index contributed by atoms with van der Waals surface area (Å²) in [4.78, 5) is 11.4. The first-order chi connectivity index (χ1) is 8.65. The first-order valence-corrected chi connectivity index (χ1v) is 5.50. The summed E-state index contributed by atoms with van der Waals surface area (Å²) in [6.45, 7) is 0.972. The highest BCUT2D eigenvalue weighted by molar-refractivity contribution is 5.80. The molecule has 18 heavy (non-hydrogen) atoms. The van der Waals surface area contributed by atoms with E-state index in [-0.39, 0.29) is 12.5 Å². The number of anilines is 1. The van der Waals surface area contributed by atoms with Crippen LogP contribution in [0.15, 0.2) is 18.2 Å². The smallest absolute Gasteiger partial charge is 0.239 e. The van der Waals surface area contributed by atoms with Gasteiger partial charge in [0.15, 0.2) is 0 Å². The topological polar surface area (TPSA) is 59.6 Å². The van der Waals surface area contributed by atoms with Gasteiger partial charge in [-0.3, -0.25) is 4.79 Å². The Morgan fingerprint density at radius 2 is 2.11 bits per heavy atom. The van der Waals surface area contributed by atoms with Crippen molar-refractivity contribution in [2.75, 3.05) is 39.2 Å². The molecular formula is C12H17FN2O3. The standard InChI is InChI=1S/C12H17FN2O3/c1-17-4-3-14-12(16)8-15-10-5-9(13)6-11(7-10)18-2/h5-7,15H,3-4,8H2,1-2H3,(H,14,16). The van der Waals surface area contributed by atoms with E-state index >= 15 is 0 Å². The van der Waals surface area contributed by atoms with Gasteiger partial charge in [0.05, 0.1) is 20.3 Å². The quantitative estimate of drug-likeness (QED) is 0.715. The van der Waals surface area contributed by atoms with Gasteiger partial charge in [-0.2, -0.15) is 0 Å². The van der Waals surface area contributed by atoms with E-state index in [0.29, 0.717) is 24.6 Å². The lowest BCUT2D eigenvalue weighted by Gasteiger charge is -2.09. The summed E-state index contributed by atoms with van der Waals surface area (Å²) < 4.78 is 22.9. The molecule has 0 heterocycles. The first kappa shape index (κ1) is 14.2. The molecule has 0 saturated carbocycles. The van der Waals surface area contributed by atoms with Crippen LogP contribution in [0.4, 0.5) is 10.1 Å². The van der Waals surface area contributed by atoms with Crippen LogP contribution < -0.4 is 15.4 Å². The molecular weight excluding hydrogens is 239 g/mol. The van der Waals surface area contributed by atoms with E-state index in [2.05, 4.69) is 10.6 Å². The lowest BCUT2D eigenvalue weighted by Crippen LogP contribution is -2.32. The minimum Gasteiger partial charge on any atom is -0.497 e. The molecule has 5 nitrogen and oxygen atoms in total. The molecule has 0 aromatic heterocycles. The van der Waals surface area contributed by atoms with E-state index in [1.54, 1.807) is 13.2 Å². The van der Waals surface area contributed by atoms with Crippen molar-refractivity contribution in [3.05, 3.63) is 24.0 Å². The van der Waals surface area contributed by atoms with Crippen molar-refractivity contribution >= 4 is 11.6 Å². The van der Waals surface area contributed by atoms with E-state index in [9.17, 15) is 9.18 Å². The summed E-state index contributed by atoms with van der Waals surface area (Å²) in [5.74, 6) is -0.204. The number of carbonyl (C=O) groups excluding carboxylic acids is 1. The maximum absolute atomic E-state index is 13.2. The zero-order valence-electron chi connectivity index (χ0n) is 10.5. The van der Waals surface area contributed by atoms with Gasteiger partial charge in [-0.1, -0.05) is 0 Å². The van der Waals surface area contributed by atoms with Crippen molar-refractivity contribution in [2.45, 2.75) is 0 Å². The van der Waals surface area contributed by atoms with Crippen LogP contribution in [-0.4, -0.2) is 39.8 Å². The predicted octanol–water partition coefficient (Wildman–Crippen LogP) is 1.01. The second kappa shape index (κ2) is 7.50. The second-order valence-electron chi connectivity index (χ2n) is 3.58. The highest BCUT2D eigenvalue weighted by atomic mass is 19.1. The Morgan fingerprint density at radius 1 is 1.33 bits per heavy atom. The third-order valence-corrected chi connectivity index (χ3v) is 2.19. The van der Waals surface area contributed by atoms with Gasteiger partial charge in [-0.25, -0.2) is 4.39 Å². The number of benzene rings is 1. The van der Waals surface area contributed by atoms with Gasteiger partial charge in [-0.05, 0) is 6.07 Å². The molecule has 0 aliphatic heterocycles. The lowest BCUT2D eigenvalue weighted by atomic mass is 10.3. The van der Waals surface area contributed by atoms with Crippen molar-refractivity contribution in [3.8, 4) is 5.75 Å². The molecule has 1 rings (SSSR count). The van der Waals surface area contributed by atoms with Gasteiger partial charge in [-0.15, -0.1) is 0 Å². The number of methoxy groups -OCH3 is 2. The molecule has 0 spiro atoms. The Bertz CT molecular complexity index is 399. The van der Waals surface area contributed by atoms with E-state index in [0.717, 1.165) is 0 Å². The first-order valence-electron chi connectivity index (χ1n) is 5.50. The fourth-order valence-electron chi connectivity index (χ4n) is 1.32. The number of hydrogen-bond donors (Lipinski definition) is 2. The Morgan fingerprint density at radius 3 is 2.78 bits per heavy atom. The molecule has 0 radical (unpaired) electrons. The number of ether oxygens (including phenoxy) is 2. The third-order valence-electron chi connectivity index (χ3n) is 2.19. The molecule has 0 bridgehead atoms. The summed E-state index contributed by atoms with van der Waals surface area (Å²) >= 11 is 0. The molecule has 6 heteroatoms. The summed E-state index contributed by atoms with van der Waals surface area (Å²) in [5, 5.41) is 5.46. The summed E-state index contributed by atoms with van der Waals surface area (Å²) in [6, 6.07) is 4.18. The summed E-state index contributed by atoms with van der Waals surface area (Å²) in [5.41, 5.74) is 0.494. The zero-order chi connectivity index (χ0) is 13.4. The minimum atomic E-state index is -0.420. The molecule has 0 aliphatic rings. The monoisotopic (exact) mass is 256 g/mol. The second-order valence-corrected chi connectivity index (χ2v) is 3.58. The molecule has 0 unspecified atom stereocenters. The molecule has 1 aromatic carbocycles. The highest BCUT2D eigenvalue weighted by Gasteiger charge is 2.03. The maximum Gasteiger partial charge on any atom is 0.239 e. The average molecular weight is 256 g/mol. The SMILES string of the molecule is COCCNC(=O)CNc1cc(F)cc(OC)c1. The van der Waals surface area contributed by atoms with E-state index in [1.165, 1.54) is 19.2 Å². The summed E-state index contributed by atoms with van der Waals surface area (Å²) in [7, 11) is 3.01. The molecule has 1 amide bonds. The molecule has 0 aliphatic carbocycles. The van der Waals surface area contributed by atoms with Crippen molar-refractivity contribution in [1.82, 2.24) is 5.32 Å². The maximum atomic E-state index is 13.2. The number of amides is 1. The third kappa shape index (κ3) is 5.01. The van der Waals surface area contributed by atoms with Gasteiger partial charge >= 0.3 is 0 Å². The summed E-state index contributed by atoms with van der Waals surface area (Å²) in [6.07, 6.45) is 0. The fourth-order valence-corrected chi connectivity index (χ4v) is 1.32. The van der Waals surface area contributed by atoms with Gasteiger partial charge in [0.2, 0.25) is 5.91 Å². The Labute approximate surface area is 105 Å². The van der Waals surface area contributed by atoms with Gasteiger partial charge in [0.25, 0.3) is 0 Å². The van der Waals surface area contributed by atoms with Crippen molar-refractivity contribution in [1.29, 1.82) is 0 Å². The number of rotatable bonds is 7. The predicted molar refractivity (Wildman–Crippen MR) is 66.3 cm³/mol. The molecule has 1 aromatic rings. The van der Waals surface area contributed by atoms with Crippen LogP contribution in [0.25, 0.3) is 0 Å². The normalized spacial score (nSPS) is 9.94. The van der Waals surface area contributed by atoms with E-state index < -0.39 is 5.82 Å². The van der Waals surface area contributed by atoms with Crippen molar-refractivity contribution in [3.63, 3.8) is 0 Å². The van der Waals surface area contributed by atoms with Crippen LogP contribution in [0.2, 0.25) is 0 Å². The van der Waals surface area contributed by atoms with Crippen LogP contribution in [0.1, 0.15) is 0 Å². The average Bonchev–Trinajstić information content (AvgIpc) is 2.36. The van der Waals surface area contributed by atoms with Crippen molar-refractivity contribution in [2.24, 2.45) is 0 Å². The van der Waals surface area contributed by atoms with E-state index in [4.69, 9.17) is 9.47 Å². The highest BCUT2D eigenvalue weighted by Crippen LogP contribution is 2.19. The number of halogens is 1. The Balaban J connectivity index is 2.43. The molecule has 100 valence electrons. The molecule has 0 atom stereocenters. The van der Waals surface area contributed by atoms with E-state index in [1.807, 2.05) is 0 Å². The van der Waals surface area contributed by atoms with Crippen LogP contribution in [-0.2, 0) is 9.53 Å². The minimum absolute atomic E-state index is 0.0658. The molecule has 0 fully saturated rings. The van der Waals surface area contributed by atoms with Crippen LogP contribution >= 0.6 is 0 Å². The van der Waals surface area contributed by atoms with Crippen LogP contribution in [0, 0.1) is 5.82 Å². The fraction of sp³-hybridized carbons (Fsp3) is 0.417. The molecule has 2 N–H and O–H groups in total. The van der Waals surface area contributed by atoms with Gasteiger partial charge < -0.3 is 20.1 Å². The van der Waals surface area contributed by atoms with Crippen LogP contribution in [0.3, 0.4) is 0 Å². The molecule has 0 saturated heterocycles. The zero-order valence-corrected chi connectivity index (χ0v) is 10.5. The number of nitrogens with one attached hydrogen (secondary N) is 2.